The van der Waals surface area contributed by atoms with Crippen LogP contribution in [0, 0.1) is 0 Å². The van der Waals surface area contributed by atoms with Crippen molar-refractivity contribution in [2.75, 3.05) is 6.61 Å². The predicted octanol–water partition coefficient (Wildman–Crippen LogP) is 1.50. The van der Waals surface area contributed by atoms with E-state index in [2.05, 4.69) is 25.7 Å². The van der Waals surface area contributed by atoms with E-state index >= 15 is 0 Å². The van der Waals surface area contributed by atoms with Crippen LogP contribution in [0.3, 0.4) is 0 Å². The van der Waals surface area contributed by atoms with E-state index in [1.54, 1.807) is 6.92 Å². The molecule has 0 bridgehead atoms. The van der Waals surface area contributed by atoms with E-state index in [1.165, 1.54) is 6.92 Å². The van der Waals surface area contributed by atoms with E-state index in [9.17, 15) is 9.36 Å². The predicted molar refractivity (Wildman–Crippen MR) is 49.1 cm³/mol. The third-order valence-electron chi connectivity index (χ3n) is 0.990. The van der Waals surface area contributed by atoms with Crippen molar-refractivity contribution in [3.05, 3.63) is 12.2 Å². The van der Waals surface area contributed by atoms with Crippen LogP contribution in [0.2, 0.25) is 0 Å². The van der Waals surface area contributed by atoms with Crippen LogP contribution >= 0.6 is 7.82 Å². The van der Waals surface area contributed by atoms with Gasteiger partial charge in [0.05, 0.1) is 6.61 Å². The van der Waals surface area contributed by atoms with Crippen LogP contribution in [0.4, 0.5) is 0 Å². The highest BCUT2D eigenvalue weighted by Crippen LogP contribution is 2.43. The average Bonchev–Trinajstić information content (AvgIpc) is 2.14. The molecule has 1 atom stereocenters. The van der Waals surface area contributed by atoms with Crippen LogP contribution < -0.4 is 0 Å². The molecule has 0 radical (unpaired) electrons. The van der Waals surface area contributed by atoms with Crippen molar-refractivity contribution in [1.29, 1.82) is 0 Å². The molecule has 1 N–H and O–H groups in total. The van der Waals surface area contributed by atoms with E-state index in [-0.39, 0.29) is 12.2 Å². The Labute approximate surface area is 87.1 Å². The molecule has 7 nitrogen and oxygen atoms in total. The van der Waals surface area contributed by atoms with E-state index in [1.807, 2.05) is 0 Å². The van der Waals surface area contributed by atoms with Crippen molar-refractivity contribution in [3.63, 3.8) is 0 Å². The number of carbonyl (C=O) groups excluding carboxylic acids is 1. The van der Waals surface area contributed by atoms with Crippen molar-refractivity contribution < 1.29 is 33.4 Å². The van der Waals surface area contributed by atoms with Crippen molar-refractivity contribution in [3.8, 4) is 0 Å². The molecule has 0 saturated carbocycles. The standard InChI is InChI=1S/C7H13O7P/c1-4-5-11-13-15(9,10)14-12-7(8)6(2)3/h2,4-5H2,1,3H3,(H,9,10). The summed E-state index contributed by atoms with van der Waals surface area (Å²) in [5.74, 6) is -0.969. The third kappa shape index (κ3) is 7.24. The Morgan fingerprint density at radius 1 is 1.47 bits per heavy atom. The fourth-order valence-electron chi connectivity index (χ4n) is 0.352. The van der Waals surface area contributed by atoms with E-state index < -0.39 is 13.8 Å². The lowest BCUT2D eigenvalue weighted by molar-refractivity contribution is -0.267. The van der Waals surface area contributed by atoms with Gasteiger partial charge in [-0.05, 0) is 13.3 Å². The van der Waals surface area contributed by atoms with Gasteiger partial charge in [0.15, 0.2) is 0 Å². The summed E-state index contributed by atoms with van der Waals surface area (Å²) in [5.41, 5.74) is 0.0180. The maximum atomic E-state index is 10.9. The van der Waals surface area contributed by atoms with Gasteiger partial charge in [0.25, 0.3) is 0 Å². The Balaban J connectivity index is 3.88. The molecule has 0 heterocycles. The summed E-state index contributed by atoms with van der Waals surface area (Å²) >= 11 is 0. The summed E-state index contributed by atoms with van der Waals surface area (Å²) < 4.78 is 18.7. The van der Waals surface area contributed by atoms with Gasteiger partial charge in [0, 0.05) is 5.57 Å². The summed E-state index contributed by atoms with van der Waals surface area (Å²) in [6, 6.07) is 0. The molecule has 0 saturated heterocycles. The van der Waals surface area contributed by atoms with Gasteiger partial charge in [-0.1, -0.05) is 18.2 Å². The van der Waals surface area contributed by atoms with Crippen LogP contribution in [-0.2, 0) is 28.5 Å². The molecule has 0 aromatic rings. The molecule has 0 rings (SSSR count). The van der Waals surface area contributed by atoms with Crippen LogP contribution in [-0.4, -0.2) is 17.5 Å². The molecule has 0 aromatic heterocycles. The molecule has 0 fully saturated rings. The molecule has 1 unspecified atom stereocenters. The molecule has 15 heavy (non-hydrogen) atoms. The molecule has 0 aliphatic rings. The number of phosphoric acid groups is 1. The molecule has 0 amide bonds. The third-order valence-corrected chi connectivity index (χ3v) is 1.55. The highest BCUT2D eigenvalue weighted by molar-refractivity contribution is 7.47. The molecular formula is C7H13O7P. The lowest BCUT2D eigenvalue weighted by atomic mass is 10.4. The summed E-state index contributed by atoms with van der Waals surface area (Å²) in [4.78, 5) is 27.8. The minimum Gasteiger partial charge on any atom is -0.299 e. The number of carbonyl (C=O) groups is 1. The van der Waals surface area contributed by atoms with Gasteiger partial charge in [-0.2, -0.15) is 0 Å². The van der Waals surface area contributed by atoms with Crippen molar-refractivity contribution >= 4 is 13.8 Å². The van der Waals surface area contributed by atoms with Crippen LogP contribution in [0.1, 0.15) is 20.3 Å². The molecule has 0 aromatic carbocycles. The van der Waals surface area contributed by atoms with Gasteiger partial charge >= 0.3 is 13.8 Å². The second kappa shape index (κ2) is 6.71. The maximum Gasteiger partial charge on any atom is 0.535 e. The second-order valence-electron chi connectivity index (χ2n) is 2.59. The van der Waals surface area contributed by atoms with Gasteiger partial charge in [-0.25, -0.2) is 14.2 Å². The zero-order valence-electron chi connectivity index (χ0n) is 8.47. The van der Waals surface area contributed by atoms with Gasteiger partial charge in [-0.15, -0.1) is 4.67 Å². The average molecular weight is 240 g/mol. The fourth-order valence-corrected chi connectivity index (χ4v) is 0.746. The quantitative estimate of drug-likeness (QED) is 0.237. The summed E-state index contributed by atoms with van der Waals surface area (Å²) in [6.07, 6.45) is 0.589. The van der Waals surface area contributed by atoms with Crippen LogP contribution in [0.25, 0.3) is 0 Å². The fraction of sp³-hybridized carbons (Fsp3) is 0.571. The first-order valence-corrected chi connectivity index (χ1v) is 5.58. The van der Waals surface area contributed by atoms with Gasteiger partial charge in [-0.3, -0.25) is 9.78 Å². The van der Waals surface area contributed by atoms with Crippen LogP contribution in [0.15, 0.2) is 12.2 Å². The summed E-state index contributed by atoms with van der Waals surface area (Å²) in [7, 11) is -4.52. The molecule has 8 heteroatoms. The smallest absolute Gasteiger partial charge is 0.299 e. The first-order valence-electron chi connectivity index (χ1n) is 4.09. The minimum atomic E-state index is -4.52. The Kier molecular flexibility index (Phi) is 6.38. The topological polar surface area (TPSA) is 91.3 Å². The number of hydrogen-bond acceptors (Lipinski definition) is 6. The first kappa shape index (κ1) is 14.3. The monoisotopic (exact) mass is 240 g/mol. The normalized spacial score (nSPS) is 14.3. The second-order valence-corrected chi connectivity index (χ2v) is 3.83. The Hall–Kier alpha value is -0.720. The maximum absolute atomic E-state index is 10.9. The number of rotatable bonds is 7. The molecule has 88 valence electrons. The van der Waals surface area contributed by atoms with Crippen molar-refractivity contribution in [2.24, 2.45) is 0 Å². The summed E-state index contributed by atoms with van der Waals surface area (Å²) in [5, 5.41) is 0. The molecule has 0 spiro atoms. The van der Waals surface area contributed by atoms with Gasteiger partial charge in [0.1, 0.15) is 0 Å². The Bertz CT molecular complexity index is 275. The first-order chi connectivity index (χ1) is 6.89. The molecule has 0 aliphatic heterocycles. The van der Waals surface area contributed by atoms with E-state index in [0.717, 1.165) is 0 Å². The van der Waals surface area contributed by atoms with Crippen molar-refractivity contribution in [2.45, 2.75) is 20.3 Å². The highest BCUT2D eigenvalue weighted by Gasteiger charge is 2.26. The SMILES string of the molecule is C=C(C)C(=O)OOP(=O)(O)OOCCC. The largest absolute Gasteiger partial charge is 0.535 e. The van der Waals surface area contributed by atoms with Gasteiger partial charge in [0.2, 0.25) is 0 Å². The lowest BCUT2D eigenvalue weighted by Gasteiger charge is -2.08. The Morgan fingerprint density at radius 3 is 2.53 bits per heavy atom. The molecular weight excluding hydrogens is 227 g/mol. The van der Waals surface area contributed by atoms with E-state index in [4.69, 9.17) is 4.89 Å². The van der Waals surface area contributed by atoms with Crippen LogP contribution in [0.5, 0.6) is 0 Å². The minimum absolute atomic E-state index is 0.0180. The zero-order chi connectivity index (χ0) is 11.9. The van der Waals surface area contributed by atoms with Crippen molar-refractivity contribution in [1.82, 2.24) is 0 Å². The van der Waals surface area contributed by atoms with E-state index in [0.29, 0.717) is 6.42 Å². The molecule has 0 aliphatic carbocycles. The summed E-state index contributed by atoms with van der Waals surface area (Å²) in [6.45, 7) is 6.47. The highest BCUT2D eigenvalue weighted by atomic mass is 31.2. The Morgan fingerprint density at radius 2 is 2.07 bits per heavy atom. The van der Waals surface area contributed by atoms with Gasteiger partial charge < -0.3 is 0 Å². The zero-order valence-corrected chi connectivity index (χ0v) is 9.36. The lowest BCUT2D eigenvalue weighted by Crippen LogP contribution is -2.06. The number of hydrogen-bond donors (Lipinski definition) is 1.